The second-order valence-electron chi connectivity index (χ2n) is 13.0. The zero-order chi connectivity index (χ0) is 35.3. The van der Waals surface area contributed by atoms with Gasteiger partial charge in [-0.25, -0.2) is 0 Å². The fourth-order valence-corrected chi connectivity index (χ4v) is 5.83. The fraction of sp³-hybridized carbons (Fsp3) is 0.895. The Labute approximate surface area is 293 Å². The standard InChI is InChI=1S/C38H74N2O8/c1-2-3-4-5-6-7-8-9-10-11-12-13-14-15-16-17-18-19-20-21-22-36(38(46)48-34-28-40(25-31-43)26-32-44)35-37(45)47-33-27-39(23-29-41)24-30-42/h13-14,36,41-44H,2-12,15-35H2,1H3. The van der Waals surface area contributed by atoms with Crippen LogP contribution in [0.25, 0.3) is 0 Å². The van der Waals surface area contributed by atoms with Gasteiger partial charge in [0.15, 0.2) is 0 Å². The largest absolute Gasteiger partial charge is 0.464 e. The number of carbonyl (C=O) groups is 2. The van der Waals surface area contributed by atoms with Gasteiger partial charge in [-0.2, -0.15) is 0 Å². The predicted molar refractivity (Wildman–Crippen MR) is 194 cm³/mol. The minimum absolute atomic E-state index is 0.0490. The molecule has 0 spiro atoms. The van der Waals surface area contributed by atoms with Crippen LogP contribution in [0.5, 0.6) is 0 Å². The van der Waals surface area contributed by atoms with Crippen LogP contribution in [0.3, 0.4) is 0 Å². The Balaban J connectivity index is 4.30. The van der Waals surface area contributed by atoms with Gasteiger partial charge in [-0.1, -0.05) is 109 Å². The van der Waals surface area contributed by atoms with E-state index < -0.39 is 17.9 Å². The number of carbonyl (C=O) groups excluding carboxylic acids is 2. The molecule has 0 heterocycles. The van der Waals surface area contributed by atoms with Crippen molar-refractivity contribution in [3.63, 3.8) is 0 Å². The summed E-state index contributed by atoms with van der Waals surface area (Å²) in [4.78, 5) is 29.2. The smallest absolute Gasteiger partial charge is 0.309 e. The molecule has 0 aliphatic carbocycles. The molecule has 0 amide bonds. The molecule has 4 N–H and O–H groups in total. The van der Waals surface area contributed by atoms with Crippen molar-refractivity contribution in [1.29, 1.82) is 0 Å². The van der Waals surface area contributed by atoms with Crippen molar-refractivity contribution in [1.82, 2.24) is 9.80 Å². The number of rotatable bonds is 37. The van der Waals surface area contributed by atoms with Gasteiger partial charge in [0.1, 0.15) is 13.2 Å². The topological polar surface area (TPSA) is 140 Å². The molecule has 0 aromatic carbocycles. The number of nitrogens with zero attached hydrogens (tertiary/aromatic N) is 2. The van der Waals surface area contributed by atoms with E-state index in [0.29, 0.717) is 45.7 Å². The van der Waals surface area contributed by atoms with Crippen molar-refractivity contribution in [3.05, 3.63) is 12.2 Å². The summed E-state index contributed by atoms with van der Waals surface area (Å²) >= 11 is 0. The zero-order valence-corrected chi connectivity index (χ0v) is 30.7. The minimum Gasteiger partial charge on any atom is -0.464 e. The summed E-state index contributed by atoms with van der Waals surface area (Å²) in [5.74, 6) is -1.48. The first-order chi connectivity index (χ1) is 23.5. The first-order valence-corrected chi connectivity index (χ1v) is 19.4. The number of ether oxygens (including phenoxy) is 2. The summed E-state index contributed by atoms with van der Waals surface area (Å²) in [6.07, 6.45) is 27.8. The van der Waals surface area contributed by atoms with Gasteiger partial charge < -0.3 is 29.9 Å². The third kappa shape index (κ3) is 30.5. The van der Waals surface area contributed by atoms with E-state index in [2.05, 4.69) is 19.1 Å². The lowest BCUT2D eigenvalue weighted by Crippen LogP contribution is -2.34. The maximum Gasteiger partial charge on any atom is 0.309 e. The molecule has 0 bridgehead atoms. The van der Waals surface area contributed by atoms with Crippen molar-refractivity contribution < 1.29 is 39.5 Å². The van der Waals surface area contributed by atoms with Crippen LogP contribution in [0, 0.1) is 5.92 Å². The second kappa shape index (κ2) is 36.7. The first-order valence-electron chi connectivity index (χ1n) is 19.4. The van der Waals surface area contributed by atoms with Crippen LogP contribution in [-0.2, 0) is 19.1 Å². The summed E-state index contributed by atoms with van der Waals surface area (Å²) in [5, 5.41) is 36.7. The molecular weight excluding hydrogens is 612 g/mol. The van der Waals surface area contributed by atoms with Gasteiger partial charge in [-0.05, 0) is 32.1 Å². The first kappa shape index (κ1) is 46.4. The Morgan fingerprint density at radius 2 is 0.938 bits per heavy atom. The van der Waals surface area contributed by atoms with Crippen LogP contribution >= 0.6 is 0 Å². The average Bonchev–Trinajstić information content (AvgIpc) is 3.07. The summed E-state index contributed by atoms with van der Waals surface area (Å²) < 4.78 is 10.9. The van der Waals surface area contributed by atoms with Gasteiger partial charge in [0, 0.05) is 39.3 Å². The van der Waals surface area contributed by atoms with Crippen LogP contribution in [0.1, 0.15) is 135 Å². The maximum absolute atomic E-state index is 12.9. The monoisotopic (exact) mass is 687 g/mol. The van der Waals surface area contributed by atoms with Crippen LogP contribution in [-0.4, -0.2) is 121 Å². The van der Waals surface area contributed by atoms with Gasteiger partial charge in [-0.15, -0.1) is 0 Å². The Kier molecular flexibility index (Phi) is 35.5. The number of esters is 2. The third-order valence-corrected chi connectivity index (χ3v) is 8.80. The van der Waals surface area contributed by atoms with Crippen molar-refractivity contribution in [2.24, 2.45) is 5.92 Å². The minimum atomic E-state index is -0.590. The molecule has 0 saturated heterocycles. The van der Waals surface area contributed by atoms with Crippen molar-refractivity contribution >= 4 is 11.9 Å². The summed E-state index contributed by atoms with van der Waals surface area (Å²) in [7, 11) is 0. The molecule has 284 valence electrons. The number of aliphatic hydroxyl groups is 4. The molecule has 10 nitrogen and oxygen atoms in total. The van der Waals surface area contributed by atoms with E-state index in [0.717, 1.165) is 32.1 Å². The maximum atomic E-state index is 12.9. The highest BCUT2D eigenvalue weighted by atomic mass is 16.5. The summed E-state index contributed by atoms with van der Waals surface area (Å²) in [6, 6.07) is 0. The third-order valence-electron chi connectivity index (χ3n) is 8.80. The molecule has 0 radical (unpaired) electrons. The van der Waals surface area contributed by atoms with Gasteiger partial charge >= 0.3 is 11.9 Å². The Morgan fingerprint density at radius 1 is 0.542 bits per heavy atom. The van der Waals surface area contributed by atoms with Gasteiger partial charge in [0.25, 0.3) is 0 Å². The van der Waals surface area contributed by atoms with Crippen LogP contribution in [0.2, 0.25) is 0 Å². The number of hydrogen-bond donors (Lipinski definition) is 4. The van der Waals surface area contributed by atoms with E-state index in [4.69, 9.17) is 19.7 Å². The Hall–Kier alpha value is -1.56. The Bertz CT molecular complexity index is 727. The average molecular weight is 687 g/mol. The van der Waals surface area contributed by atoms with Gasteiger partial charge in [0.05, 0.1) is 38.8 Å². The molecule has 0 aliphatic rings. The number of aliphatic hydroxyl groups excluding tert-OH is 4. The summed E-state index contributed by atoms with van der Waals surface area (Å²) in [5.41, 5.74) is 0. The predicted octanol–water partition coefficient (Wildman–Crippen LogP) is 5.64. The van der Waals surface area contributed by atoms with Crippen molar-refractivity contribution in [3.8, 4) is 0 Å². The highest BCUT2D eigenvalue weighted by Gasteiger charge is 2.24. The fourth-order valence-electron chi connectivity index (χ4n) is 5.83. The molecule has 48 heavy (non-hydrogen) atoms. The van der Waals surface area contributed by atoms with E-state index in [9.17, 15) is 19.8 Å². The molecule has 0 aromatic rings. The lowest BCUT2D eigenvalue weighted by atomic mass is 9.97. The molecule has 0 rings (SSSR count). The molecule has 1 atom stereocenters. The molecule has 0 saturated carbocycles. The number of hydrogen-bond acceptors (Lipinski definition) is 10. The number of allylic oxidation sites excluding steroid dienone is 2. The Morgan fingerprint density at radius 3 is 1.38 bits per heavy atom. The van der Waals surface area contributed by atoms with Crippen LogP contribution in [0.4, 0.5) is 0 Å². The molecule has 0 fully saturated rings. The quantitative estimate of drug-likeness (QED) is 0.0369. The summed E-state index contributed by atoms with van der Waals surface area (Å²) in [6.45, 7) is 4.62. The van der Waals surface area contributed by atoms with Gasteiger partial charge in [-0.3, -0.25) is 19.4 Å². The molecule has 0 aromatic heterocycles. The van der Waals surface area contributed by atoms with E-state index in [1.54, 1.807) is 4.90 Å². The lowest BCUT2D eigenvalue weighted by molar-refractivity contribution is -0.156. The zero-order valence-electron chi connectivity index (χ0n) is 30.7. The highest BCUT2D eigenvalue weighted by molar-refractivity contribution is 5.79. The molecule has 0 aliphatic heterocycles. The highest BCUT2D eigenvalue weighted by Crippen LogP contribution is 2.19. The van der Waals surface area contributed by atoms with E-state index in [1.807, 2.05) is 4.90 Å². The normalized spacial score (nSPS) is 12.4. The molecule has 10 heteroatoms. The van der Waals surface area contributed by atoms with Crippen LogP contribution < -0.4 is 0 Å². The van der Waals surface area contributed by atoms with E-state index >= 15 is 0 Å². The van der Waals surface area contributed by atoms with Gasteiger partial charge in [0.2, 0.25) is 0 Å². The second-order valence-corrected chi connectivity index (χ2v) is 13.0. The SMILES string of the molecule is CCCCCCCCCCCCC=CCCCCCCCCC(CC(=O)OCCN(CCO)CCO)C(=O)OCCN(CCO)CCO. The lowest BCUT2D eigenvalue weighted by Gasteiger charge is -2.21. The van der Waals surface area contributed by atoms with Crippen LogP contribution in [0.15, 0.2) is 12.2 Å². The molecular formula is C38H74N2O8. The van der Waals surface area contributed by atoms with E-state index in [-0.39, 0.29) is 46.1 Å². The van der Waals surface area contributed by atoms with Crippen molar-refractivity contribution in [2.45, 2.75) is 135 Å². The van der Waals surface area contributed by atoms with Crippen molar-refractivity contribution in [2.75, 3.05) is 78.9 Å². The van der Waals surface area contributed by atoms with E-state index in [1.165, 1.54) is 83.5 Å². The molecule has 1 unspecified atom stereocenters. The number of unbranched alkanes of at least 4 members (excludes halogenated alkanes) is 16.